The Kier molecular flexibility index (Phi) is 7.59. The van der Waals surface area contributed by atoms with E-state index in [-0.39, 0.29) is 17.2 Å². The maximum Gasteiger partial charge on any atom is 0.490 e. The lowest BCUT2D eigenvalue weighted by molar-refractivity contribution is -0.192. The van der Waals surface area contributed by atoms with Crippen LogP contribution in [0.1, 0.15) is 21.9 Å². The normalized spacial score (nSPS) is 21.8. The van der Waals surface area contributed by atoms with Gasteiger partial charge in [0.1, 0.15) is 5.69 Å². The van der Waals surface area contributed by atoms with Gasteiger partial charge in [-0.2, -0.15) is 13.2 Å². The SMILES string of the molecule is Cc1cnc(C(=O)N2C[C@@H]3COC[C@]3(COCc3ccccn3)C2)cn1.O=C(O)C(F)(F)F. The molecule has 4 heterocycles. The Morgan fingerprint density at radius 1 is 1.27 bits per heavy atom. The number of pyridine rings is 1. The maximum atomic E-state index is 12.8. The molecule has 0 unspecified atom stereocenters. The van der Waals surface area contributed by atoms with Crippen LogP contribution in [0.4, 0.5) is 13.2 Å². The molecule has 0 saturated carbocycles. The van der Waals surface area contributed by atoms with Crippen molar-refractivity contribution in [2.45, 2.75) is 19.7 Å². The quantitative estimate of drug-likeness (QED) is 0.710. The molecule has 2 fully saturated rings. The van der Waals surface area contributed by atoms with Crippen molar-refractivity contribution >= 4 is 11.9 Å². The summed E-state index contributed by atoms with van der Waals surface area (Å²) in [5, 5.41) is 7.12. The van der Waals surface area contributed by atoms with Crippen LogP contribution in [0.3, 0.4) is 0 Å². The molecular weight excluding hydrogens is 445 g/mol. The molecule has 4 rings (SSSR count). The molecule has 2 saturated heterocycles. The molecule has 2 aliphatic heterocycles. The van der Waals surface area contributed by atoms with Gasteiger partial charge in [0.25, 0.3) is 5.91 Å². The molecule has 2 aliphatic rings. The fourth-order valence-corrected chi connectivity index (χ4v) is 3.70. The Balaban J connectivity index is 0.000000383. The van der Waals surface area contributed by atoms with Gasteiger partial charge in [-0.25, -0.2) is 9.78 Å². The first-order chi connectivity index (χ1) is 15.6. The van der Waals surface area contributed by atoms with Crippen LogP contribution in [0.2, 0.25) is 0 Å². The van der Waals surface area contributed by atoms with E-state index in [1.165, 1.54) is 0 Å². The van der Waals surface area contributed by atoms with E-state index in [9.17, 15) is 18.0 Å². The van der Waals surface area contributed by atoms with E-state index in [1.54, 1.807) is 18.6 Å². The van der Waals surface area contributed by atoms with Gasteiger partial charge >= 0.3 is 12.1 Å². The van der Waals surface area contributed by atoms with E-state index in [4.69, 9.17) is 19.4 Å². The van der Waals surface area contributed by atoms with Crippen LogP contribution in [0.25, 0.3) is 0 Å². The lowest BCUT2D eigenvalue weighted by Crippen LogP contribution is -2.37. The molecule has 1 N–H and O–H groups in total. The van der Waals surface area contributed by atoms with Crippen molar-refractivity contribution in [1.29, 1.82) is 0 Å². The molecule has 0 aromatic carbocycles. The number of nitrogens with zero attached hydrogens (tertiary/aromatic N) is 4. The number of carboxylic acids is 1. The number of likely N-dealkylation sites (tertiary alicyclic amines) is 1. The van der Waals surface area contributed by atoms with E-state index >= 15 is 0 Å². The topological polar surface area (TPSA) is 115 Å². The van der Waals surface area contributed by atoms with E-state index in [0.717, 1.165) is 11.4 Å². The number of halogens is 3. The van der Waals surface area contributed by atoms with Crippen LogP contribution in [0.15, 0.2) is 36.8 Å². The number of alkyl halides is 3. The summed E-state index contributed by atoms with van der Waals surface area (Å²) in [5.74, 6) is -2.54. The van der Waals surface area contributed by atoms with Gasteiger partial charge in [-0.15, -0.1) is 0 Å². The van der Waals surface area contributed by atoms with Crippen LogP contribution >= 0.6 is 0 Å². The third kappa shape index (κ3) is 6.23. The number of carbonyl (C=O) groups is 2. The highest BCUT2D eigenvalue weighted by Gasteiger charge is 2.52. The Bertz CT molecular complexity index is 959. The number of aromatic nitrogens is 3. The molecular formula is C21H23F3N4O5. The minimum absolute atomic E-state index is 0.0731. The third-order valence-electron chi connectivity index (χ3n) is 5.42. The molecule has 0 spiro atoms. The van der Waals surface area contributed by atoms with Crippen LogP contribution in [0, 0.1) is 18.3 Å². The van der Waals surface area contributed by atoms with Crippen molar-refractivity contribution in [2.24, 2.45) is 11.3 Å². The minimum atomic E-state index is -5.08. The molecule has 178 valence electrons. The fourth-order valence-electron chi connectivity index (χ4n) is 3.70. The molecule has 9 nitrogen and oxygen atoms in total. The van der Waals surface area contributed by atoms with Gasteiger partial charge in [-0.1, -0.05) is 6.07 Å². The number of carboxylic acid groups (broad SMARTS) is 1. The van der Waals surface area contributed by atoms with Crippen molar-refractivity contribution in [1.82, 2.24) is 19.9 Å². The molecule has 2 aromatic rings. The van der Waals surface area contributed by atoms with E-state index in [2.05, 4.69) is 15.0 Å². The second-order valence-corrected chi connectivity index (χ2v) is 7.92. The van der Waals surface area contributed by atoms with Gasteiger partial charge in [0, 0.05) is 36.8 Å². The molecule has 0 radical (unpaired) electrons. The number of aliphatic carboxylic acids is 1. The number of hydrogen-bond donors (Lipinski definition) is 1. The average Bonchev–Trinajstić information content (AvgIpc) is 3.32. The lowest BCUT2D eigenvalue weighted by Gasteiger charge is -2.26. The van der Waals surface area contributed by atoms with Crippen LogP contribution < -0.4 is 0 Å². The van der Waals surface area contributed by atoms with Crippen molar-refractivity contribution in [3.63, 3.8) is 0 Å². The lowest BCUT2D eigenvalue weighted by atomic mass is 9.82. The summed E-state index contributed by atoms with van der Waals surface area (Å²) in [5.41, 5.74) is 1.94. The number of rotatable bonds is 5. The predicted molar refractivity (Wildman–Crippen MR) is 107 cm³/mol. The molecule has 2 aromatic heterocycles. The maximum absolute atomic E-state index is 12.8. The average molecular weight is 468 g/mol. The van der Waals surface area contributed by atoms with Crippen molar-refractivity contribution in [2.75, 3.05) is 32.9 Å². The summed E-state index contributed by atoms with van der Waals surface area (Å²) in [6, 6.07) is 5.78. The first kappa shape index (κ1) is 24.5. The summed E-state index contributed by atoms with van der Waals surface area (Å²) < 4.78 is 43.4. The predicted octanol–water partition coefficient (Wildman–Crippen LogP) is 2.12. The first-order valence-corrected chi connectivity index (χ1v) is 10.0. The second kappa shape index (κ2) is 10.2. The standard InChI is InChI=1S/C19H22N4O3.C2HF3O2/c1-14-6-22-17(7-21-14)18(24)23-8-15-9-25-12-19(15,11-23)13-26-10-16-4-2-3-5-20-16;3-2(4,5)1(6)7/h2-7,15H,8-13H2,1H3;(H,6,7)/t15-,19+;/m1./s1. The number of hydrogen-bond acceptors (Lipinski definition) is 7. The fraction of sp³-hybridized carbons (Fsp3) is 0.476. The highest BCUT2D eigenvalue weighted by molar-refractivity contribution is 5.92. The minimum Gasteiger partial charge on any atom is -0.475 e. The highest BCUT2D eigenvalue weighted by atomic mass is 19.4. The molecule has 0 aliphatic carbocycles. The first-order valence-electron chi connectivity index (χ1n) is 10.0. The molecule has 33 heavy (non-hydrogen) atoms. The van der Waals surface area contributed by atoms with E-state index in [1.807, 2.05) is 30.0 Å². The molecule has 1 amide bonds. The smallest absolute Gasteiger partial charge is 0.475 e. The summed E-state index contributed by atoms with van der Waals surface area (Å²) in [4.78, 5) is 36.2. The van der Waals surface area contributed by atoms with Crippen molar-refractivity contribution in [3.05, 3.63) is 53.9 Å². The Labute approximate surface area is 187 Å². The number of fused-ring (bicyclic) bond motifs is 1. The Morgan fingerprint density at radius 3 is 2.64 bits per heavy atom. The molecule has 12 heteroatoms. The summed E-state index contributed by atoms with van der Waals surface area (Å²) in [7, 11) is 0. The third-order valence-corrected chi connectivity index (χ3v) is 5.42. The van der Waals surface area contributed by atoms with Gasteiger partial charge in [0.2, 0.25) is 0 Å². The van der Waals surface area contributed by atoms with Gasteiger partial charge in [-0.3, -0.25) is 14.8 Å². The van der Waals surface area contributed by atoms with E-state index < -0.39 is 12.1 Å². The number of aryl methyl sites for hydroxylation is 1. The zero-order valence-electron chi connectivity index (χ0n) is 17.8. The van der Waals surface area contributed by atoms with Crippen LogP contribution in [-0.2, 0) is 20.9 Å². The second-order valence-electron chi connectivity index (χ2n) is 7.92. The largest absolute Gasteiger partial charge is 0.490 e. The van der Waals surface area contributed by atoms with Gasteiger partial charge < -0.3 is 19.5 Å². The van der Waals surface area contributed by atoms with Crippen LogP contribution in [-0.4, -0.2) is 75.9 Å². The Hall–Kier alpha value is -3.12. The van der Waals surface area contributed by atoms with Crippen molar-refractivity contribution < 1.29 is 37.3 Å². The van der Waals surface area contributed by atoms with Gasteiger partial charge in [0.05, 0.1) is 44.0 Å². The number of carbonyl (C=O) groups excluding carboxylic acids is 1. The highest BCUT2D eigenvalue weighted by Crippen LogP contribution is 2.42. The molecule has 2 atom stereocenters. The van der Waals surface area contributed by atoms with Gasteiger partial charge in [0.15, 0.2) is 0 Å². The van der Waals surface area contributed by atoms with Crippen molar-refractivity contribution in [3.8, 4) is 0 Å². The summed E-state index contributed by atoms with van der Waals surface area (Å²) in [6.07, 6.45) is -0.150. The van der Waals surface area contributed by atoms with Gasteiger partial charge in [-0.05, 0) is 19.1 Å². The van der Waals surface area contributed by atoms with Crippen LogP contribution in [0.5, 0.6) is 0 Å². The Morgan fingerprint density at radius 2 is 2.03 bits per heavy atom. The zero-order valence-corrected chi connectivity index (χ0v) is 17.8. The number of amides is 1. The molecule has 0 bridgehead atoms. The summed E-state index contributed by atoms with van der Waals surface area (Å²) in [6.45, 7) is 5.44. The summed E-state index contributed by atoms with van der Waals surface area (Å²) >= 11 is 0. The zero-order chi connectivity index (χ0) is 24.1. The monoisotopic (exact) mass is 468 g/mol. The number of ether oxygens (including phenoxy) is 2. The van der Waals surface area contributed by atoms with E-state index in [0.29, 0.717) is 45.2 Å².